The molecule has 0 unspecified atom stereocenters. The van der Waals surface area contributed by atoms with Crippen molar-refractivity contribution in [3.63, 3.8) is 0 Å². The number of hydrogen-bond acceptors (Lipinski definition) is 6. The first-order chi connectivity index (χ1) is 10.0. The monoisotopic (exact) mass is 330 g/mol. The first kappa shape index (κ1) is 18.4. The molecule has 22 heavy (non-hydrogen) atoms. The number of carbonyl (C=O) groups is 2. The Morgan fingerprint density at radius 1 is 1.36 bits per heavy atom. The lowest BCUT2D eigenvalue weighted by Gasteiger charge is -2.27. The van der Waals surface area contributed by atoms with Crippen molar-refractivity contribution in [3.05, 3.63) is 24.0 Å². The third-order valence-electron chi connectivity index (χ3n) is 2.98. The molecule has 0 saturated heterocycles. The summed E-state index contributed by atoms with van der Waals surface area (Å²) in [6, 6.07) is 0. The van der Waals surface area contributed by atoms with E-state index in [9.17, 15) is 18.0 Å². The average molecular weight is 330 g/mol. The highest BCUT2D eigenvalue weighted by molar-refractivity contribution is 7.86. The number of hydrogen-bond donors (Lipinski definition) is 0. The molecule has 0 atom stereocenters. The first-order valence-corrected chi connectivity index (χ1v) is 8.57. The molecule has 0 radical (unpaired) electrons. The van der Waals surface area contributed by atoms with Crippen LogP contribution >= 0.6 is 0 Å². The average Bonchev–Trinajstić information content (AvgIpc) is 2.30. The van der Waals surface area contributed by atoms with Gasteiger partial charge < -0.3 is 8.92 Å². The van der Waals surface area contributed by atoms with Gasteiger partial charge in [0.25, 0.3) is 0 Å². The number of carbonyl (C=O) groups excluding carboxylic acids is 2. The van der Waals surface area contributed by atoms with Gasteiger partial charge in [-0.3, -0.25) is 4.79 Å². The van der Waals surface area contributed by atoms with Crippen molar-refractivity contribution in [2.45, 2.75) is 40.0 Å². The molecule has 1 aliphatic carbocycles. The van der Waals surface area contributed by atoms with Crippen LogP contribution in [0.3, 0.4) is 0 Å². The summed E-state index contributed by atoms with van der Waals surface area (Å²) in [5.41, 5.74) is -0.0551. The van der Waals surface area contributed by atoms with Crippen LogP contribution in [0.25, 0.3) is 0 Å². The number of ether oxygens (including phenoxy) is 1. The minimum atomic E-state index is -3.81. The van der Waals surface area contributed by atoms with Gasteiger partial charge in [0.1, 0.15) is 5.76 Å². The molecule has 1 rings (SSSR count). The highest BCUT2D eigenvalue weighted by Gasteiger charge is 2.30. The Hall–Kier alpha value is -1.63. The molecule has 0 aliphatic heterocycles. The van der Waals surface area contributed by atoms with Crippen LogP contribution in [-0.2, 0) is 28.6 Å². The summed E-state index contributed by atoms with van der Waals surface area (Å²) in [6.07, 6.45) is 2.12. The number of esters is 1. The van der Waals surface area contributed by atoms with E-state index in [-0.39, 0.29) is 41.3 Å². The second-order valence-corrected chi connectivity index (χ2v) is 7.90. The van der Waals surface area contributed by atoms with Crippen LogP contribution in [0.5, 0.6) is 0 Å². The van der Waals surface area contributed by atoms with Crippen molar-refractivity contribution in [2.75, 3.05) is 12.4 Å². The molecule has 0 aromatic rings. The van der Waals surface area contributed by atoms with Gasteiger partial charge in [-0.25, -0.2) is 4.79 Å². The molecular weight excluding hydrogens is 308 g/mol. The third kappa shape index (κ3) is 6.43. The lowest BCUT2D eigenvalue weighted by molar-refractivity contribution is -0.138. The summed E-state index contributed by atoms with van der Waals surface area (Å²) in [7, 11) is -3.81. The molecule has 0 fully saturated rings. The van der Waals surface area contributed by atoms with Crippen molar-refractivity contribution >= 4 is 21.9 Å². The summed E-state index contributed by atoms with van der Waals surface area (Å²) < 4.78 is 33.5. The van der Waals surface area contributed by atoms with Gasteiger partial charge in [0.2, 0.25) is 0 Å². The Morgan fingerprint density at radius 3 is 2.55 bits per heavy atom. The lowest BCUT2D eigenvalue weighted by Crippen LogP contribution is -2.24. The molecule has 6 nitrogen and oxygen atoms in total. The minimum absolute atomic E-state index is 0.0300. The van der Waals surface area contributed by atoms with E-state index in [1.807, 2.05) is 13.8 Å². The molecule has 7 heteroatoms. The highest BCUT2D eigenvalue weighted by Crippen LogP contribution is 2.34. The predicted octanol–water partition coefficient (Wildman–Crippen LogP) is 2.12. The molecule has 0 bridgehead atoms. The van der Waals surface area contributed by atoms with Crippen molar-refractivity contribution in [1.29, 1.82) is 0 Å². The van der Waals surface area contributed by atoms with E-state index < -0.39 is 16.1 Å². The van der Waals surface area contributed by atoms with Crippen molar-refractivity contribution in [1.82, 2.24) is 0 Å². The summed E-state index contributed by atoms with van der Waals surface area (Å²) >= 11 is 0. The fraction of sp³-hybridized carbons (Fsp3) is 0.600. The van der Waals surface area contributed by atoms with Crippen LogP contribution in [0.4, 0.5) is 0 Å². The number of allylic oxidation sites excluding steroid dienone is 2. The minimum Gasteiger partial charge on any atom is -0.462 e. The molecule has 0 aromatic heterocycles. The zero-order chi connectivity index (χ0) is 17.0. The van der Waals surface area contributed by atoms with Crippen molar-refractivity contribution < 1.29 is 26.9 Å². The van der Waals surface area contributed by atoms with Gasteiger partial charge in [0.15, 0.2) is 5.78 Å². The fourth-order valence-electron chi connectivity index (χ4n) is 2.07. The van der Waals surface area contributed by atoms with E-state index in [1.54, 1.807) is 0 Å². The smallest absolute Gasteiger partial charge is 0.333 e. The predicted molar refractivity (Wildman–Crippen MR) is 81.4 cm³/mol. The van der Waals surface area contributed by atoms with Gasteiger partial charge in [0.05, 0.1) is 12.4 Å². The Morgan fingerprint density at radius 2 is 2.00 bits per heavy atom. The Bertz CT molecular complexity index is 598. The van der Waals surface area contributed by atoms with Crippen LogP contribution in [0.2, 0.25) is 0 Å². The normalized spacial score (nSPS) is 17.6. The van der Waals surface area contributed by atoms with Gasteiger partial charge in [0, 0.05) is 24.5 Å². The molecular formula is C15H22O6S. The van der Waals surface area contributed by atoms with E-state index in [1.165, 1.54) is 13.0 Å². The van der Waals surface area contributed by atoms with Gasteiger partial charge in [-0.15, -0.1) is 0 Å². The maximum absolute atomic E-state index is 11.9. The molecule has 0 spiro atoms. The SMILES string of the molecule is C=C(C)C(=O)OCCCS(=O)(=O)OC1=CC(=O)CC(C)(C)C1. The van der Waals surface area contributed by atoms with Gasteiger partial charge in [-0.2, -0.15) is 8.42 Å². The van der Waals surface area contributed by atoms with Crippen LogP contribution in [0.15, 0.2) is 24.0 Å². The van der Waals surface area contributed by atoms with E-state index in [0.717, 1.165) is 0 Å². The Kier molecular flexibility index (Phi) is 5.93. The van der Waals surface area contributed by atoms with Crippen LogP contribution in [0, 0.1) is 5.41 Å². The largest absolute Gasteiger partial charge is 0.462 e. The maximum atomic E-state index is 11.9. The first-order valence-electron chi connectivity index (χ1n) is 6.99. The van der Waals surface area contributed by atoms with Crippen LogP contribution in [-0.4, -0.2) is 32.5 Å². The molecule has 1 aliphatic rings. The molecule has 0 N–H and O–H groups in total. The molecule has 0 aromatic carbocycles. The van der Waals surface area contributed by atoms with E-state index in [4.69, 9.17) is 8.92 Å². The van der Waals surface area contributed by atoms with E-state index >= 15 is 0 Å². The van der Waals surface area contributed by atoms with Gasteiger partial charge in [-0.05, 0) is 18.8 Å². The second kappa shape index (κ2) is 7.09. The third-order valence-corrected chi connectivity index (χ3v) is 4.24. The quantitative estimate of drug-likeness (QED) is 0.307. The molecule has 0 amide bonds. The maximum Gasteiger partial charge on any atom is 0.333 e. The fourth-order valence-corrected chi connectivity index (χ4v) is 3.06. The Balaban J connectivity index is 2.49. The zero-order valence-corrected chi connectivity index (χ0v) is 14.0. The number of ketones is 1. The van der Waals surface area contributed by atoms with Crippen LogP contribution in [0.1, 0.15) is 40.0 Å². The topological polar surface area (TPSA) is 86.7 Å². The van der Waals surface area contributed by atoms with Crippen molar-refractivity contribution in [2.24, 2.45) is 5.41 Å². The number of rotatable bonds is 7. The van der Waals surface area contributed by atoms with Crippen molar-refractivity contribution in [3.8, 4) is 0 Å². The van der Waals surface area contributed by atoms with E-state index in [2.05, 4.69) is 6.58 Å². The van der Waals surface area contributed by atoms with Gasteiger partial charge >= 0.3 is 16.1 Å². The summed E-state index contributed by atoms with van der Waals surface area (Å²) in [6.45, 7) is 8.66. The second-order valence-electron chi connectivity index (χ2n) is 6.21. The summed E-state index contributed by atoms with van der Waals surface area (Å²) in [5.74, 6) is -0.819. The molecule has 124 valence electrons. The van der Waals surface area contributed by atoms with E-state index in [0.29, 0.717) is 12.8 Å². The lowest BCUT2D eigenvalue weighted by atomic mass is 9.80. The van der Waals surface area contributed by atoms with Crippen LogP contribution < -0.4 is 0 Å². The Labute approximate surface area is 131 Å². The molecule has 0 heterocycles. The standard InChI is InChI=1S/C15H22O6S/c1-11(2)14(17)20-6-5-7-22(18,19)21-13-8-12(16)9-15(3,4)10-13/h8H,1,5-7,9-10H2,2-4H3. The zero-order valence-electron chi connectivity index (χ0n) is 13.2. The summed E-state index contributed by atoms with van der Waals surface area (Å²) in [4.78, 5) is 22.7. The summed E-state index contributed by atoms with van der Waals surface area (Å²) in [5, 5.41) is 0. The van der Waals surface area contributed by atoms with Gasteiger partial charge in [-0.1, -0.05) is 20.4 Å². The highest BCUT2D eigenvalue weighted by atomic mass is 32.2. The molecule has 0 saturated carbocycles.